The highest BCUT2D eigenvalue weighted by atomic mass is 16.5. The molecule has 1 saturated carbocycles. The van der Waals surface area contributed by atoms with Crippen LogP contribution in [0, 0.1) is 6.92 Å². The van der Waals surface area contributed by atoms with Crippen molar-refractivity contribution in [2.45, 2.75) is 39.5 Å². The van der Waals surface area contributed by atoms with E-state index in [1.165, 1.54) is 18.4 Å². The highest BCUT2D eigenvalue weighted by Gasteiger charge is 2.28. The number of hydrogen-bond donors (Lipinski definition) is 0. The van der Waals surface area contributed by atoms with Gasteiger partial charge in [-0.15, -0.1) is 0 Å². The lowest BCUT2D eigenvalue weighted by atomic mass is 10.2. The Hall–Kier alpha value is -0.790. The van der Waals surface area contributed by atoms with Gasteiger partial charge in [-0.2, -0.15) is 0 Å². The number of aromatic nitrogens is 1. The van der Waals surface area contributed by atoms with E-state index in [4.69, 9.17) is 4.52 Å². The van der Waals surface area contributed by atoms with Crippen LogP contribution in [0.15, 0.2) is 10.7 Å². The highest BCUT2D eigenvalue weighted by molar-refractivity contribution is 5.19. The number of nitrogens with zero attached hydrogens (tertiary/aromatic N) is 1. The van der Waals surface area contributed by atoms with E-state index < -0.39 is 0 Å². The molecule has 1 heterocycles. The lowest BCUT2D eigenvalue weighted by molar-refractivity contribution is 0.383. The first-order chi connectivity index (χ1) is 5.38. The Labute approximate surface area is 67.6 Å². The Balaban J connectivity index is 0.000000281. The van der Waals surface area contributed by atoms with Crippen LogP contribution in [-0.2, 0) is 0 Å². The van der Waals surface area contributed by atoms with E-state index in [9.17, 15) is 0 Å². The van der Waals surface area contributed by atoms with Gasteiger partial charge in [-0.05, 0) is 19.8 Å². The van der Waals surface area contributed by atoms with Crippen LogP contribution in [-0.4, -0.2) is 5.16 Å². The maximum atomic E-state index is 5.04. The molecule has 0 aliphatic heterocycles. The number of hydrogen-bond acceptors (Lipinski definition) is 2. The molecule has 11 heavy (non-hydrogen) atoms. The van der Waals surface area contributed by atoms with E-state index in [1.54, 1.807) is 6.20 Å². The van der Waals surface area contributed by atoms with Crippen LogP contribution < -0.4 is 0 Å². The van der Waals surface area contributed by atoms with Gasteiger partial charge in [-0.25, -0.2) is 0 Å². The lowest BCUT2D eigenvalue weighted by Crippen LogP contribution is -1.75. The van der Waals surface area contributed by atoms with Crippen LogP contribution >= 0.6 is 0 Å². The van der Waals surface area contributed by atoms with E-state index >= 15 is 0 Å². The molecule has 2 rings (SSSR count). The maximum Gasteiger partial charge on any atom is 0.142 e. The molecule has 0 aromatic carbocycles. The summed E-state index contributed by atoms with van der Waals surface area (Å²) in [5.41, 5.74) is 1.21. The second-order valence-electron chi connectivity index (χ2n) is 2.65. The summed E-state index contributed by atoms with van der Waals surface area (Å²) in [5.74, 6) is 1.81. The number of rotatable bonds is 1. The summed E-state index contributed by atoms with van der Waals surface area (Å²) in [6.07, 6.45) is 4.36. The van der Waals surface area contributed by atoms with E-state index in [1.807, 2.05) is 20.8 Å². The largest absolute Gasteiger partial charge is 0.361 e. The molecule has 0 N–H and O–H groups in total. The van der Waals surface area contributed by atoms with Crippen LogP contribution in [0.4, 0.5) is 0 Å². The summed E-state index contributed by atoms with van der Waals surface area (Å²) in [7, 11) is 0. The third kappa shape index (κ3) is 1.82. The fraction of sp³-hybridized carbons (Fsp3) is 0.667. The van der Waals surface area contributed by atoms with Crippen molar-refractivity contribution in [1.29, 1.82) is 0 Å². The second kappa shape index (κ2) is 3.56. The first kappa shape index (κ1) is 8.31. The maximum absolute atomic E-state index is 5.04. The minimum atomic E-state index is 0.701. The normalized spacial score (nSPS) is 15.5. The SMILES string of the molecule is CC.Cc1cnoc1C1CC1. The topological polar surface area (TPSA) is 26.0 Å². The Morgan fingerprint density at radius 2 is 2.09 bits per heavy atom. The summed E-state index contributed by atoms with van der Waals surface area (Å²) in [6, 6.07) is 0. The van der Waals surface area contributed by atoms with Crippen molar-refractivity contribution in [3.8, 4) is 0 Å². The Bertz CT molecular complexity index is 213. The van der Waals surface area contributed by atoms with Crippen LogP contribution in [0.5, 0.6) is 0 Å². The number of aryl methyl sites for hydroxylation is 1. The van der Waals surface area contributed by atoms with Crippen LogP contribution in [0.2, 0.25) is 0 Å². The van der Waals surface area contributed by atoms with Gasteiger partial charge in [0.05, 0.1) is 6.20 Å². The summed E-state index contributed by atoms with van der Waals surface area (Å²) in [5, 5.41) is 3.71. The molecule has 2 nitrogen and oxygen atoms in total. The van der Waals surface area contributed by atoms with Crippen molar-refractivity contribution in [3.63, 3.8) is 0 Å². The van der Waals surface area contributed by atoms with Gasteiger partial charge in [0.1, 0.15) is 5.76 Å². The van der Waals surface area contributed by atoms with Gasteiger partial charge in [0.2, 0.25) is 0 Å². The molecule has 1 aromatic heterocycles. The minimum absolute atomic E-state index is 0.701. The van der Waals surface area contributed by atoms with Crippen molar-refractivity contribution in [1.82, 2.24) is 5.16 Å². The second-order valence-corrected chi connectivity index (χ2v) is 2.65. The molecule has 0 amide bonds. The van der Waals surface area contributed by atoms with Crippen LogP contribution in [0.3, 0.4) is 0 Å². The van der Waals surface area contributed by atoms with Crippen molar-refractivity contribution in [2.75, 3.05) is 0 Å². The first-order valence-corrected chi connectivity index (χ1v) is 4.29. The fourth-order valence-corrected chi connectivity index (χ4v) is 1.04. The van der Waals surface area contributed by atoms with E-state index in [2.05, 4.69) is 5.16 Å². The quantitative estimate of drug-likeness (QED) is 0.620. The van der Waals surface area contributed by atoms with Gasteiger partial charge in [-0.1, -0.05) is 19.0 Å². The van der Waals surface area contributed by atoms with Gasteiger partial charge >= 0.3 is 0 Å². The molecule has 62 valence electrons. The van der Waals surface area contributed by atoms with Crippen molar-refractivity contribution < 1.29 is 4.52 Å². The Morgan fingerprint density at radius 1 is 1.45 bits per heavy atom. The standard InChI is InChI=1S/C7H9NO.C2H6/c1-5-4-8-9-7(5)6-2-3-6;1-2/h4,6H,2-3H2,1H3;1-2H3. The summed E-state index contributed by atoms with van der Waals surface area (Å²) in [6.45, 7) is 6.05. The molecule has 0 radical (unpaired) electrons. The molecule has 1 aliphatic rings. The highest BCUT2D eigenvalue weighted by Crippen LogP contribution is 2.41. The van der Waals surface area contributed by atoms with E-state index in [0.29, 0.717) is 5.92 Å². The smallest absolute Gasteiger partial charge is 0.142 e. The average Bonchev–Trinajstić information content (AvgIpc) is 2.80. The van der Waals surface area contributed by atoms with Crippen molar-refractivity contribution in [2.24, 2.45) is 0 Å². The summed E-state index contributed by atoms with van der Waals surface area (Å²) in [4.78, 5) is 0. The monoisotopic (exact) mass is 153 g/mol. The van der Waals surface area contributed by atoms with Gasteiger partial charge in [0, 0.05) is 11.5 Å². The summed E-state index contributed by atoms with van der Waals surface area (Å²) >= 11 is 0. The van der Waals surface area contributed by atoms with Gasteiger partial charge in [-0.3, -0.25) is 0 Å². The molecule has 0 saturated heterocycles. The predicted molar refractivity (Wildman–Crippen MR) is 44.6 cm³/mol. The van der Waals surface area contributed by atoms with Gasteiger partial charge in [0.15, 0.2) is 0 Å². The average molecular weight is 153 g/mol. The molecule has 1 aliphatic carbocycles. The zero-order valence-electron chi connectivity index (χ0n) is 7.42. The van der Waals surface area contributed by atoms with Crippen molar-refractivity contribution in [3.05, 3.63) is 17.5 Å². The van der Waals surface area contributed by atoms with Crippen LogP contribution in [0.25, 0.3) is 0 Å². The van der Waals surface area contributed by atoms with Crippen LogP contribution in [0.1, 0.15) is 43.9 Å². The predicted octanol–water partition coefficient (Wildman–Crippen LogP) is 2.89. The van der Waals surface area contributed by atoms with E-state index in [0.717, 1.165) is 5.76 Å². The molecule has 0 atom stereocenters. The molecule has 2 heteroatoms. The fourth-order valence-electron chi connectivity index (χ4n) is 1.04. The Morgan fingerprint density at radius 3 is 2.45 bits per heavy atom. The molecular weight excluding hydrogens is 138 g/mol. The minimum Gasteiger partial charge on any atom is -0.361 e. The molecule has 1 fully saturated rings. The molecule has 0 unspecified atom stereocenters. The first-order valence-electron chi connectivity index (χ1n) is 4.29. The lowest BCUT2D eigenvalue weighted by Gasteiger charge is -1.86. The molecule has 0 spiro atoms. The van der Waals surface area contributed by atoms with Gasteiger partial charge < -0.3 is 4.52 Å². The third-order valence-electron chi connectivity index (χ3n) is 1.73. The molecule has 0 bridgehead atoms. The summed E-state index contributed by atoms with van der Waals surface area (Å²) < 4.78 is 5.04. The third-order valence-corrected chi connectivity index (χ3v) is 1.73. The van der Waals surface area contributed by atoms with Gasteiger partial charge in [0.25, 0.3) is 0 Å². The molecule has 1 aromatic rings. The Kier molecular flexibility index (Phi) is 2.69. The van der Waals surface area contributed by atoms with E-state index in [-0.39, 0.29) is 0 Å². The zero-order chi connectivity index (χ0) is 8.27. The zero-order valence-corrected chi connectivity index (χ0v) is 7.42. The van der Waals surface area contributed by atoms with Crippen molar-refractivity contribution >= 4 is 0 Å². The molecular formula is C9H15NO.